The van der Waals surface area contributed by atoms with Crippen LogP contribution in [0.3, 0.4) is 0 Å². The molecule has 1 saturated heterocycles. The molecule has 3 aliphatic heterocycles. The Morgan fingerprint density at radius 1 is 1.08 bits per heavy atom. The van der Waals surface area contributed by atoms with Gasteiger partial charge in [0.2, 0.25) is 5.91 Å². The van der Waals surface area contributed by atoms with E-state index in [-0.39, 0.29) is 30.4 Å². The van der Waals surface area contributed by atoms with Gasteiger partial charge in [-0.2, -0.15) is 0 Å². The van der Waals surface area contributed by atoms with Gasteiger partial charge in [0.1, 0.15) is 24.2 Å². The molecule has 0 unspecified atom stereocenters. The van der Waals surface area contributed by atoms with Gasteiger partial charge in [-0.1, -0.05) is 24.3 Å². The second-order valence-electron chi connectivity index (χ2n) is 10.4. The third kappa shape index (κ3) is 4.92. The molecule has 2 aromatic carbocycles. The van der Waals surface area contributed by atoms with E-state index in [1.54, 1.807) is 23.1 Å². The fraction of sp³-hybridized carbons (Fsp3) is 0.500. The van der Waals surface area contributed by atoms with Crippen molar-refractivity contribution in [3.8, 4) is 11.5 Å². The van der Waals surface area contributed by atoms with Gasteiger partial charge in [-0.25, -0.2) is 0 Å². The molecule has 190 valence electrons. The average Bonchev–Trinajstić information content (AvgIpc) is 3.71. The lowest BCUT2D eigenvalue weighted by Gasteiger charge is -2.39. The molecule has 4 aliphatic rings. The number of β-amino-alcohol motifs (C(OH)–C–C–N with tert-alkyl or cyclic N) is 1. The molecule has 3 heterocycles. The quantitative estimate of drug-likeness (QED) is 0.638. The van der Waals surface area contributed by atoms with E-state index in [2.05, 4.69) is 29.2 Å². The molecule has 1 N–H and O–H groups in total. The van der Waals surface area contributed by atoms with Crippen molar-refractivity contribution in [3.63, 3.8) is 0 Å². The second-order valence-corrected chi connectivity index (χ2v) is 10.4. The number of hydrogen-bond donors (Lipinski definition) is 1. The largest absolute Gasteiger partial charge is 0.491 e. The highest BCUT2D eigenvalue weighted by Crippen LogP contribution is 2.34. The van der Waals surface area contributed by atoms with Gasteiger partial charge in [-0.3, -0.25) is 14.5 Å². The molecule has 0 spiro atoms. The minimum atomic E-state index is -0.636. The number of amides is 2. The molecule has 1 atom stereocenters. The normalized spacial score (nSPS) is 21.1. The molecule has 0 radical (unpaired) electrons. The van der Waals surface area contributed by atoms with Crippen LogP contribution in [-0.4, -0.2) is 89.7 Å². The molecular weight excluding hydrogens is 458 g/mol. The van der Waals surface area contributed by atoms with Crippen LogP contribution in [0, 0.1) is 5.92 Å². The summed E-state index contributed by atoms with van der Waals surface area (Å²) in [5.41, 5.74) is 3.17. The summed E-state index contributed by atoms with van der Waals surface area (Å²) < 4.78 is 11.9. The molecular formula is C28H33N3O5. The average molecular weight is 492 g/mol. The lowest BCUT2D eigenvalue weighted by atomic mass is 10.00. The monoisotopic (exact) mass is 491 g/mol. The van der Waals surface area contributed by atoms with Gasteiger partial charge in [-0.15, -0.1) is 0 Å². The first-order valence-corrected chi connectivity index (χ1v) is 13.0. The Morgan fingerprint density at radius 3 is 2.69 bits per heavy atom. The van der Waals surface area contributed by atoms with Crippen LogP contribution in [0.15, 0.2) is 42.5 Å². The zero-order chi connectivity index (χ0) is 24.6. The number of carbonyl (C=O) groups excluding carboxylic acids is 2. The van der Waals surface area contributed by atoms with Crippen LogP contribution in [0.4, 0.5) is 0 Å². The summed E-state index contributed by atoms with van der Waals surface area (Å²) in [7, 11) is 0. The number of hydrogen-bond acceptors (Lipinski definition) is 6. The predicted molar refractivity (Wildman–Crippen MR) is 133 cm³/mol. The lowest BCUT2D eigenvalue weighted by molar-refractivity contribution is -0.141. The van der Waals surface area contributed by atoms with Crippen LogP contribution >= 0.6 is 0 Å². The van der Waals surface area contributed by atoms with Gasteiger partial charge in [0, 0.05) is 38.2 Å². The van der Waals surface area contributed by atoms with Crippen molar-refractivity contribution in [2.45, 2.75) is 38.0 Å². The molecule has 8 nitrogen and oxygen atoms in total. The Bertz CT molecular complexity index is 1140. The van der Waals surface area contributed by atoms with Crippen LogP contribution in [0.25, 0.3) is 0 Å². The molecule has 1 saturated carbocycles. The summed E-state index contributed by atoms with van der Waals surface area (Å²) in [6.07, 6.45) is 2.34. The number of aliphatic hydroxyl groups excluding tert-OH is 1. The van der Waals surface area contributed by atoms with Crippen molar-refractivity contribution in [2.24, 2.45) is 5.92 Å². The number of ether oxygens (including phenoxy) is 2. The highest BCUT2D eigenvalue weighted by molar-refractivity contribution is 5.97. The third-order valence-corrected chi connectivity index (χ3v) is 7.59. The minimum Gasteiger partial charge on any atom is -0.491 e. The summed E-state index contributed by atoms with van der Waals surface area (Å²) in [5.74, 6) is 1.49. The van der Waals surface area contributed by atoms with Gasteiger partial charge < -0.3 is 24.4 Å². The van der Waals surface area contributed by atoms with E-state index in [4.69, 9.17) is 9.47 Å². The summed E-state index contributed by atoms with van der Waals surface area (Å²) in [5, 5.41) is 10.8. The first kappa shape index (κ1) is 23.3. The molecule has 0 bridgehead atoms. The molecule has 8 heteroatoms. The zero-order valence-electron chi connectivity index (χ0n) is 20.5. The van der Waals surface area contributed by atoms with Crippen LogP contribution in [-0.2, 0) is 17.8 Å². The molecule has 2 fully saturated rings. The number of likely N-dealkylation sites (tertiary alicyclic amines) is 1. The molecule has 36 heavy (non-hydrogen) atoms. The number of aliphatic hydroxyl groups is 1. The van der Waals surface area contributed by atoms with Crippen LogP contribution in [0.5, 0.6) is 11.5 Å². The summed E-state index contributed by atoms with van der Waals surface area (Å²) in [4.78, 5) is 31.2. The number of rotatable bonds is 7. The molecule has 1 aliphatic carbocycles. The maximum Gasteiger partial charge on any atom is 0.257 e. The summed E-state index contributed by atoms with van der Waals surface area (Å²) in [6, 6.07) is 13.7. The first-order valence-electron chi connectivity index (χ1n) is 13.0. The van der Waals surface area contributed by atoms with Crippen molar-refractivity contribution in [1.82, 2.24) is 14.7 Å². The standard InChI is InChI=1S/C28H33N3O5/c32-22(15-29-10-9-19-3-1-2-4-21(19)14-29)16-30-11-12-35-26-13-23(7-8-25(26)28(30)34)36-24-17-31(18-24)27(33)20-5-6-20/h1-4,7-8,13,20,22,24,32H,5-6,9-12,14-18H2/t22-/m1/s1. The number of nitrogens with zero attached hydrogens (tertiary/aromatic N) is 3. The van der Waals surface area contributed by atoms with Gasteiger partial charge in [0.25, 0.3) is 5.91 Å². The fourth-order valence-corrected chi connectivity index (χ4v) is 5.38. The molecule has 2 amide bonds. The maximum atomic E-state index is 13.3. The van der Waals surface area contributed by atoms with Crippen molar-refractivity contribution in [2.75, 3.05) is 45.9 Å². The van der Waals surface area contributed by atoms with E-state index < -0.39 is 6.10 Å². The minimum absolute atomic E-state index is 0.0272. The Balaban J connectivity index is 1.03. The van der Waals surface area contributed by atoms with E-state index in [0.29, 0.717) is 49.8 Å². The lowest BCUT2D eigenvalue weighted by Crippen LogP contribution is -2.56. The van der Waals surface area contributed by atoms with E-state index in [0.717, 1.165) is 32.4 Å². The Kier molecular flexibility index (Phi) is 6.31. The molecule has 6 rings (SSSR count). The predicted octanol–water partition coefficient (Wildman–Crippen LogP) is 1.94. The van der Waals surface area contributed by atoms with E-state index in [1.165, 1.54) is 11.1 Å². The molecule has 2 aromatic rings. The van der Waals surface area contributed by atoms with Crippen molar-refractivity contribution in [3.05, 3.63) is 59.2 Å². The molecule has 0 aromatic heterocycles. The summed E-state index contributed by atoms with van der Waals surface area (Å²) >= 11 is 0. The van der Waals surface area contributed by atoms with Crippen molar-refractivity contribution in [1.29, 1.82) is 0 Å². The Hall–Kier alpha value is -3.10. The smallest absolute Gasteiger partial charge is 0.257 e. The first-order chi connectivity index (χ1) is 17.5. The summed E-state index contributed by atoms with van der Waals surface area (Å²) in [6.45, 7) is 4.53. The highest BCUT2D eigenvalue weighted by Gasteiger charge is 2.40. The van der Waals surface area contributed by atoms with Gasteiger partial charge in [-0.05, 0) is 42.5 Å². The number of fused-ring (bicyclic) bond motifs is 2. The zero-order valence-corrected chi connectivity index (χ0v) is 20.5. The fourth-order valence-electron chi connectivity index (χ4n) is 5.38. The number of benzene rings is 2. The van der Waals surface area contributed by atoms with Crippen molar-refractivity contribution < 1.29 is 24.2 Å². The van der Waals surface area contributed by atoms with Crippen LogP contribution < -0.4 is 9.47 Å². The van der Waals surface area contributed by atoms with Gasteiger partial charge in [0.15, 0.2) is 0 Å². The maximum absolute atomic E-state index is 13.3. The topological polar surface area (TPSA) is 82.5 Å². The third-order valence-electron chi connectivity index (χ3n) is 7.59. The van der Waals surface area contributed by atoms with E-state index in [9.17, 15) is 14.7 Å². The van der Waals surface area contributed by atoms with Gasteiger partial charge in [0.05, 0.1) is 31.3 Å². The van der Waals surface area contributed by atoms with Crippen LogP contribution in [0.2, 0.25) is 0 Å². The van der Waals surface area contributed by atoms with E-state index >= 15 is 0 Å². The number of carbonyl (C=O) groups is 2. The SMILES string of the molecule is O=C1c2ccc(OC3CN(C(=O)C4CC4)C3)cc2OCCN1C[C@H](O)CN1CCc2ccccc2C1. The van der Waals surface area contributed by atoms with Gasteiger partial charge >= 0.3 is 0 Å². The highest BCUT2D eigenvalue weighted by atomic mass is 16.5. The van der Waals surface area contributed by atoms with Crippen LogP contribution in [0.1, 0.15) is 34.3 Å². The second kappa shape index (κ2) is 9.75. The Labute approximate surface area is 211 Å². The Morgan fingerprint density at radius 2 is 1.89 bits per heavy atom. The van der Waals surface area contributed by atoms with E-state index in [1.807, 2.05) is 4.90 Å². The van der Waals surface area contributed by atoms with Crippen molar-refractivity contribution >= 4 is 11.8 Å².